The Morgan fingerprint density at radius 3 is 2.77 bits per heavy atom. The summed E-state index contributed by atoms with van der Waals surface area (Å²) < 4.78 is 16.2. The number of benzene rings is 2. The topological polar surface area (TPSA) is 108 Å². The van der Waals surface area contributed by atoms with Crippen LogP contribution in [0.25, 0.3) is 6.08 Å². The van der Waals surface area contributed by atoms with Crippen LogP contribution in [0.3, 0.4) is 0 Å². The smallest absolute Gasteiger partial charge is 0.310 e. The van der Waals surface area contributed by atoms with Gasteiger partial charge in [-0.3, -0.25) is 19.7 Å². The van der Waals surface area contributed by atoms with Crippen LogP contribution in [0, 0.1) is 16.0 Å². The van der Waals surface area contributed by atoms with Crippen LogP contribution in [-0.2, 0) is 14.3 Å². The Kier molecular flexibility index (Phi) is 7.91. The maximum atomic E-state index is 12.7. The van der Waals surface area contributed by atoms with Crippen LogP contribution in [-0.4, -0.2) is 54.6 Å². The van der Waals surface area contributed by atoms with Crippen molar-refractivity contribution in [1.82, 2.24) is 4.90 Å². The van der Waals surface area contributed by atoms with E-state index < -0.39 is 4.92 Å². The third-order valence-electron chi connectivity index (χ3n) is 5.69. The average molecular weight is 499 g/mol. The van der Waals surface area contributed by atoms with Gasteiger partial charge in [-0.1, -0.05) is 17.8 Å². The number of rotatable bonds is 7. The molecule has 0 aromatic heterocycles. The monoisotopic (exact) mass is 498 g/mol. The predicted octanol–water partition coefficient (Wildman–Crippen LogP) is 4.33. The SMILES string of the molecule is CCOC(=O)C1CCCN(C(=O)C=Cc2ccc(Sc3ccc4c(c3)OCCO4)c([N+](=O)[O-])c2)C1. The number of fused-ring (bicyclic) bond motifs is 1. The Morgan fingerprint density at radius 2 is 2.00 bits per heavy atom. The number of likely N-dealkylation sites (tertiary alicyclic amines) is 1. The van der Waals surface area contributed by atoms with Gasteiger partial charge in [0.15, 0.2) is 11.5 Å². The van der Waals surface area contributed by atoms with Gasteiger partial charge in [-0.05, 0) is 55.7 Å². The number of piperidine rings is 1. The first-order chi connectivity index (χ1) is 16.9. The molecule has 9 nitrogen and oxygen atoms in total. The fraction of sp³-hybridized carbons (Fsp3) is 0.360. The van der Waals surface area contributed by atoms with Crippen molar-refractivity contribution in [3.63, 3.8) is 0 Å². The predicted molar refractivity (Wildman–Crippen MR) is 130 cm³/mol. The number of hydrogen-bond donors (Lipinski definition) is 0. The van der Waals surface area contributed by atoms with Crippen molar-refractivity contribution in [3.05, 3.63) is 58.2 Å². The van der Waals surface area contributed by atoms with Gasteiger partial charge in [-0.25, -0.2) is 0 Å². The zero-order chi connectivity index (χ0) is 24.8. The largest absolute Gasteiger partial charge is 0.486 e. The molecule has 2 aromatic rings. The highest BCUT2D eigenvalue weighted by Crippen LogP contribution is 2.40. The minimum atomic E-state index is -0.436. The van der Waals surface area contributed by atoms with Gasteiger partial charge in [0.05, 0.1) is 22.3 Å². The summed E-state index contributed by atoms with van der Waals surface area (Å²) >= 11 is 1.26. The summed E-state index contributed by atoms with van der Waals surface area (Å²) in [6.45, 7) is 3.89. The van der Waals surface area contributed by atoms with E-state index >= 15 is 0 Å². The van der Waals surface area contributed by atoms with E-state index in [4.69, 9.17) is 14.2 Å². The highest BCUT2D eigenvalue weighted by Gasteiger charge is 2.28. The average Bonchev–Trinajstić information content (AvgIpc) is 2.88. The molecule has 1 fully saturated rings. The standard InChI is InChI=1S/C25H26N2O7S/c1-2-32-25(29)18-4-3-11-26(16-18)24(28)10-6-17-5-9-23(20(14-17)27(30)31)35-19-7-8-21-22(15-19)34-13-12-33-21/h5-10,14-15,18H,2-4,11-13,16H2,1H3. The molecule has 0 saturated carbocycles. The Bertz CT molecular complexity index is 1150. The van der Waals surface area contributed by atoms with Crippen molar-refractivity contribution >= 4 is 35.4 Å². The molecule has 1 atom stereocenters. The molecule has 0 N–H and O–H groups in total. The van der Waals surface area contributed by atoms with E-state index in [1.54, 1.807) is 42.2 Å². The lowest BCUT2D eigenvalue weighted by atomic mass is 9.98. The summed E-state index contributed by atoms with van der Waals surface area (Å²) in [5.41, 5.74) is 0.482. The van der Waals surface area contributed by atoms with Gasteiger partial charge in [0.2, 0.25) is 5.91 Å². The Balaban J connectivity index is 1.45. The van der Waals surface area contributed by atoms with Gasteiger partial charge in [-0.15, -0.1) is 0 Å². The second kappa shape index (κ2) is 11.3. The molecule has 1 amide bonds. The van der Waals surface area contributed by atoms with Crippen molar-refractivity contribution < 1.29 is 28.7 Å². The molecule has 2 aliphatic heterocycles. The lowest BCUT2D eigenvalue weighted by Crippen LogP contribution is -2.42. The lowest BCUT2D eigenvalue weighted by molar-refractivity contribution is -0.387. The van der Waals surface area contributed by atoms with Gasteiger partial charge in [0.25, 0.3) is 5.69 Å². The van der Waals surface area contributed by atoms with Crippen LogP contribution in [0.15, 0.2) is 52.3 Å². The van der Waals surface area contributed by atoms with Crippen LogP contribution >= 0.6 is 11.8 Å². The van der Waals surface area contributed by atoms with Crippen LogP contribution in [0.4, 0.5) is 5.69 Å². The lowest BCUT2D eigenvalue weighted by Gasteiger charge is -2.30. The van der Waals surface area contributed by atoms with Crippen molar-refractivity contribution in [2.45, 2.75) is 29.6 Å². The fourth-order valence-electron chi connectivity index (χ4n) is 3.98. The molecule has 2 aliphatic rings. The van der Waals surface area contributed by atoms with Crippen molar-refractivity contribution in [1.29, 1.82) is 0 Å². The van der Waals surface area contributed by atoms with E-state index in [1.807, 2.05) is 6.07 Å². The number of nitrogens with zero attached hydrogens (tertiary/aromatic N) is 2. The molecule has 1 saturated heterocycles. The number of carbonyl (C=O) groups excluding carboxylic acids is 2. The summed E-state index contributed by atoms with van der Waals surface area (Å²) in [6.07, 6.45) is 4.36. The maximum Gasteiger partial charge on any atom is 0.310 e. The van der Waals surface area contributed by atoms with Crippen molar-refractivity contribution in [2.24, 2.45) is 5.92 Å². The number of nitro benzene ring substituents is 1. The molecule has 184 valence electrons. The summed E-state index contributed by atoms with van der Waals surface area (Å²) in [4.78, 5) is 38.9. The summed E-state index contributed by atoms with van der Waals surface area (Å²) in [7, 11) is 0. The van der Waals surface area contributed by atoms with Crippen LogP contribution in [0.5, 0.6) is 11.5 Å². The van der Waals surface area contributed by atoms with Crippen molar-refractivity contribution in [2.75, 3.05) is 32.9 Å². The second-order valence-corrected chi connectivity index (χ2v) is 9.22. The van der Waals surface area contributed by atoms with Gasteiger partial charge in [0, 0.05) is 30.1 Å². The fourth-order valence-corrected chi connectivity index (χ4v) is 4.91. The van der Waals surface area contributed by atoms with Gasteiger partial charge in [-0.2, -0.15) is 0 Å². The molecular formula is C25H26N2O7S. The zero-order valence-corrected chi connectivity index (χ0v) is 20.1. The molecule has 1 unspecified atom stereocenters. The molecule has 10 heteroatoms. The molecule has 0 spiro atoms. The second-order valence-electron chi connectivity index (χ2n) is 8.10. The third-order valence-corrected chi connectivity index (χ3v) is 6.75. The highest BCUT2D eigenvalue weighted by molar-refractivity contribution is 7.99. The van der Waals surface area contributed by atoms with E-state index in [2.05, 4.69) is 0 Å². The van der Waals surface area contributed by atoms with Gasteiger partial charge in [0.1, 0.15) is 13.2 Å². The molecule has 0 aliphatic carbocycles. The summed E-state index contributed by atoms with van der Waals surface area (Å²) in [5.74, 6) is 0.429. The molecule has 0 bridgehead atoms. The minimum Gasteiger partial charge on any atom is -0.486 e. The Labute approximate surface area is 207 Å². The normalized spacial score (nSPS) is 17.3. The van der Waals surface area contributed by atoms with Crippen molar-refractivity contribution in [3.8, 4) is 11.5 Å². The zero-order valence-electron chi connectivity index (χ0n) is 19.3. The van der Waals surface area contributed by atoms with Crippen LogP contribution in [0.1, 0.15) is 25.3 Å². The number of hydrogen-bond acceptors (Lipinski definition) is 8. The molecule has 4 rings (SSSR count). The Hall–Kier alpha value is -3.53. The van der Waals surface area contributed by atoms with Crippen LogP contribution in [0.2, 0.25) is 0 Å². The van der Waals surface area contributed by atoms with E-state index in [9.17, 15) is 19.7 Å². The minimum absolute atomic E-state index is 0.0557. The molecular weight excluding hydrogens is 472 g/mol. The first kappa shape index (κ1) is 24.6. The maximum absolute atomic E-state index is 12.7. The number of esters is 1. The first-order valence-corrected chi connectivity index (χ1v) is 12.3. The van der Waals surface area contributed by atoms with Gasteiger partial charge < -0.3 is 19.1 Å². The third kappa shape index (κ3) is 6.13. The molecule has 35 heavy (non-hydrogen) atoms. The summed E-state index contributed by atoms with van der Waals surface area (Å²) in [5, 5.41) is 11.7. The quantitative estimate of drug-likeness (QED) is 0.240. The van der Waals surface area contributed by atoms with E-state index in [-0.39, 0.29) is 23.5 Å². The first-order valence-electron chi connectivity index (χ1n) is 11.4. The van der Waals surface area contributed by atoms with Crippen LogP contribution < -0.4 is 9.47 Å². The van der Waals surface area contributed by atoms with E-state index in [1.165, 1.54) is 23.9 Å². The molecule has 0 radical (unpaired) electrons. The number of amides is 1. The number of carbonyl (C=O) groups is 2. The Morgan fingerprint density at radius 1 is 1.20 bits per heavy atom. The van der Waals surface area contributed by atoms with E-state index in [0.29, 0.717) is 61.3 Å². The summed E-state index contributed by atoms with van der Waals surface area (Å²) in [6, 6.07) is 10.3. The van der Waals surface area contributed by atoms with E-state index in [0.717, 1.165) is 11.3 Å². The number of ether oxygens (including phenoxy) is 3. The molecule has 2 heterocycles. The number of nitro groups is 1. The van der Waals surface area contributed by atoms with Gasteiger partial charge >= 0.3 is 5.97 Å². The molecule has 2 aromatic carbocycles. The highest BCUT2D eigenvalue weighted by atomic mass is 32.2.